The second-order valence-electron chi connectivity index (χ2n) is 6.12. The number of rotatable bonds is 5. The predicted octanol–water partition coefficient (Wildman–Crippen LogP) is 1.43. The van der Waals surface area contributed by atoms with E-state index in [-0.39, 0.29) is 18.6 Å². The fourth-order valence-electron chi connectivity index (χ4n) is 3.36. The van der Waals surface area contributed by atoms with Gasteiger partial charge in [-0.2, -0.15) is 0 Å². The lowest BCUT2D eigenvalue weighted by Crippen LogP contribution is -2.51. The number of ether oxygens (including phenoxy) is 2. The Labute approximate surface area is 141 Å². The summed E-state index contributed by atoms with van der Waals surface area (Å²) in [5.74, 6) is -0.374. The number of piperidine rings is 1. The first-order valence-corrected chi connectivity index (χ1v) is 8.42. The third-order valence-electron chi connectivity index (χ3n) is 4.55. The molecule has 0 aliphatic carbocycles. The van der Waals surface area contributed by atoms with Gasteiger partial charge < -0.3 is 9.47 Å². The average Bonchev–Trinajstić information content (AvgIpc) is 2.98. The van der Waals surface area contributed by atoms with Crippen molar-refractivity contribution in [1.29, 1.82) is 0 Å². The third-order valence-corrected chi connectivity index (χ3v) is 4.55. The fraction of sp³-hybridized carbons (Fsp3) is 0.588. The molecule has 1 unspecified atom stereocenters. The average molecular weight is 333 g/mol. The Bertz CT molecular complexity index is 572. The second kappa shape index (κ2) is 7.61. The molecule has 1 aromatic rings. The van der Waals surface area contributed by atoms with Gasteiger partial charge >= 0.3 is 12.1 Å². The lowest BCUT2D eigenvalue weighted by atomic mass is 10.0. The van der Waals surface area contributed by atoms with E-state index < -0.39 is 12.1 Å². The van der Waals surface area contributed by atoms with Crippen molar-refractivity contribution in [3.05, 3.63) is 30.1 Å². The molecular formula is C17H23N3O4. The molecule has 1 amide bonds. The van der Waals surface area contributed by atoms with Gasteiger partial charge in [-0.3, -0.25) is 14.8 Å². The van der Waals surface area contributed by atoms with Crippen molar-refractivity contribution in [2.45, 2.75) is 38.4 Å². The van der Waals surface area contributed by atoms with Crippen LogP contribution in [0, 0.1) is 0 Å². The lowest BCUT2D eigenvalue weighted by molar-refractivity contribution is -0.148. The van der Waals surface area contributed by atoms with Crippen LogP contribution < -0.4 is 0 Å². The van der Waals surface area contributed by atoms with Gasteiger partial charge in [0.2, 0.25) is 0 Å². The fourth-order valence-corrected chi connectivity index (χ4v) is 3.36. The standard InChI is InChI=1S/C17H23N3O4/c1-2-23-16(21)15-12-24-17(22)20(15)14-5-8-19(9-6-14)11-13-4-3-7-18-10-13/h3-4,7,10,14-15H,2,5-6,8-9,11-12H2,1H3. The van der Waals surface area contributed by atoms with Crippen molar-refractivity contribution < 1.29 is 19.1 Å². The molecule has 130 valence electrons. The summed E-state index contributed by atoms with van der Waals surface area (Å²) < 4.78 is 10.2. The molecule has 7 heteroatoms. The SMILES string of the molecule is CCOC(=O)C1COC(=O)N1C1CCN(Cc2cccnc2)CC1. The van der Waals surface area contributed by atoms with E-state index in [1.54, 1.807) is 18.0 Å². The highest BCUT2D eigenvalue weighted by molar-refractivity contribution is 5.84. The van der Waals surface area contributed by atoms with Gasteiger partial charge in [0.15, 0.2) is 6.04 Å². The van der Waals surface area contributed by atoms with Crippen LogP contribution in [0.5, 0.6) is 0 Å². The van der Waals surface area contributed by atoms with Crippen LogP contribution in [0.1, 0.15) is 25.3 Å². The van der Waals surface area contributed by atoms with E-state index in [9.17, 15) is 9.59 Å². The number of carbonyl (C=O) groups is 2. The smallest absolute Gasteiger partial charge is 0.410 e. The van der Waals surface area contributed by atoms with Crippen molar-refractivity contribution >= 4 is 12.1 Å². The van der Waals surface area contributed by atoms with Crippen molar-refractivity contribution in [2.75, 3.05) is 26.3 Å². The molecule has 0 bridgehead atoms. The van der Waals surface area contributed by atoms with Gasteiger partial charge in [-0.1, -0.05) is 6.07 Å². The summed E-state index contributed by atoms with van der Waals surface area (Å²) in [7, 11) is 0. The van der Waals surface area contributed by atoms with Crippen LogP contribution in [0.4, 0.5) is 4.79 Å². The van der Waals surface area contributed by atoms with Crippen LogP contribution >= 0.6 is 0 Å². The number of esters is 1. The van der Waals surface area contributed by atoms with Gasteiger partial charge in [0.25, 0.3) is 0 Å². The van der Waals surface area contributed by atoms with E-state index in [0.717, 1.165) is 32.5 Å². The van der Waals surface area contributed by atoms with Crippen LogP contribution in [-0.4, -0.2) is 65.2 Å². The van der Waals surface area contributed by atoms with E-state index >= 15 is 0 Å². The molecule has 3 rings (SSSR count). The Morgan fingerprint density at radius 1 is 1.42 bits per heavy atom. The van der Waals surface area contributed by atoms with Gasteiger partial charge in [0, 0.05) is 38.1 Å². The number of carbonyl (C=O) groups excluding carboxylic acids is 2. The number of aromatic nitrogens is 1. The molecule has 0 radical (unpaired) electrons. The maximum absolute atomic E-state index is 12.0. The van der Waals surface area contributed by atoms with E-state index in [4.69, 9.17) is 9.47 Å². The molecule has 2 aliphatic rings. The quantitative estimate of drug-likeness (QED) is 0.759. The van der Waals surface area contributed by atoms with Crippen molar-refractivity contribution in [1.82, 2.24) is 14.8 Å². The molecule has 24 heavy (non-hydrogen) atoms. The van der Waals surface area contributed by atoms with Crippen LogP contribution in [0.15, 0.2) is 24.5 Å². The molecular weight excluding hydrogens is 310 g/mol. The molecule has 3 heterocycles. The summed E-state index contributed by atoms with van der Waals surface area (Å²) in [6, 6.07) is 3.42. The van der Waals surface area contributed by atoms with Gasteiger partial charge in [-0.25, -0.2) is 9.59 Å². The van der Waals surface area contributed by atoms with Crippen molar-refractivity contribution in [3.8, 4) is 0 Å². The molecule has 0 aromatic carbocycles. The minimum absolute atomic E-state index is 0.0274. The molecule has 2 fully saturated rings. The second-order valence-corrected chi connectivity index (χ2v) is 6.12. The summed E-state index contributed by atoms with van der Waals surface area (Å²) in [5.41, 5.74) is 1.18. The van der Waals surface area contributed by atoms with Crippen LogP contribution in [-0.2, 0) is 20.8 Å². The number of likely N-dealkylation sites (tertiary alicyclic amines) is 1. The predicted molar refractivity (Wildman–Crippen MR) is 86.1 cm³/mol. The zero-order chi connectivity index (χ0) is 16.9. The summed E-state index contributed by atoms with van der Waals surface area (Å²) in [6.07, 6.45) is 4.89. The zero-order valence-corrected chi connectivity index (χ0v) is 13.9. The molecule has 2 aliphatic heterocycles. The molecule has 2 saturated heterocycles. The van der Waals surface area contributed by atoms with Gasteiger partial charge in [0.1, 0.15) is 6.61 Å². The number of nitrogens with zero attached hydrogens (tertiary/aromatic N) is 3. The minimum atomic E-state index is -0.604. The topological polar surface area (TPSA) is 72.0 Å². The monoisotopic (exact) mass is 333 g/mol. The number of pyridine rings is 1. The number of cyclic esters (lactones) is 1. The molecule has 1 aromatic heterocycles. The summed E-state index contributed by atoms with van der Waals surface area (Å²) in [4.78, 5) is 32.1. The Kier molecular flexibility index (Phi) is 5.30. The van der Waals surface area contributed by atoms with E-state index in [0.29, 0.717) is 6.61 Å². The summed E-state index contributed by atoms with van der Waals surface area (Å²) in [6.45, 7) is 4.76. The van der Waals surface area contributed by atoms with Gasteiger partial charge in [-0.15, -0.1) is 0 Å². The van der Waals surface area contributed by atoms with Gasteiger partial charge in [0.05, 0.1) is 6.61 Å². The molecule has 0 spiro atoms. The Morgan fingerprint density at radius 3 is 2.88 bits per heavy atom. The highest BCUT2D eigenvalue weighted by Gasteiger charge is 2.43. The van der Waals surface area contributed by atoms with Gasteiger partial charge in [-0.05, 0) is 31.4 Å². The maximum Gasteiger partial charge on any atom is 0.410 e. The normalized spacial score (nSPS) is 22.5. The highest BCUT2D eigenvalue weighted by Crippen LogP contribution is 2.25. The van der Waals surface area contributed by atoms with E-state index in [2.05, 4.69) is 16.0 Å². The minimum Gasteiger partial charge on any atom is -0.464 e. The number of hydrogen-bond donors (Lipinski definition) is 0. The number of amides is 1. The highest BCUT2D eigenvalue weighted by atomic mass is 16.6. The van der Waals surface area contributed by atoms with Crippen LogP contribution in [0.25, 0.3) is 0 Å². The third kappa shape index (κ3) is 3.67. The van der Waals surface area contributed by atoms with Crippen molar-refractivity contribution in [2.24, 2.45) is 0 Å². The first kappa shape index (κ1) is 16.7. The summed E-state index contributed by atoms with van der Waals surface area (Å²) >= 11 is 0. The van der Waals surface area contributed by atoms with Crippen LogP contribution in [0.2, 0.25) is 0 Å². The Balaban J connectivity index is 1.57. The zero-order valence-electron chi connectivity index (χ0n) is 13.9. The molecule has 7 nitrogen and oxygen atoms in total. The van der Waals surface area contributed by atoms with Crippen molar-refractivity contribution in [3.63, 3.8) is 0 Å². The lowest BCUT2D eigenvalue weighted by Gasteiger charge is -2.37. The summed E-state index contributed by atoms with van der Waals surface area (Å²) in [5, 5.41) is 0. The maximum atomic E-state index is 12.0. The molecule has 1 atom stereocenters. The first-order valence-electron chi connectivity index (χ1n) is 8.42. The van der Waals surface area contributed by atoms with E-state index in [1.807, 2.05) is 12.3 Å². The molecule has 0 N–H and O–H groups in total. The van der Waals surface area contributed by atoms with Crippen LogP contribution in [0.3, 0.4) is 0 Å². The first-order chi connectivity index (χ1) is 11.7. The largest absolute Gasteiger partial charge is 0.464 e. The van der Waals surface area contributed by atoms with E-state index in [1.165, 1.54) is 5.56 Å². The Hall–Kier alpha value is -2.15. The number of hydrogen-bond acceptors (Lipinski definition) is 6. The Morgan fingerprint density at radius 2 is 2.21 bits per heavy atom. The molecule has 0 saturated carbocycles.